The number of aromatic nitrogens is 7. The fourth-order valence-corrected chi connectivity index (χ4v) is 4.57. The van der Waals surface area contributed by atoms with Crippen molar-refractivity contribution in [2.45, 2.75) is 12.6 Å². The monoisotopic (exact) mass is 527 g/mol. The summed E-state index contributed by atoms with van der Waals surface area (Å²) in [5.41, 5.74) is 1.89. The number of carbonyl (C=O) groups is 1. The highest BCUT2D eigenvalue weighted by Gasteiger charge is 2.22. The van der Waals surface area contributed by atoms with Gasteiger partial charge in [0.2, 0.25) is 17.8 Å². The maximum Gasteiger partial charge on any atom is 0.232 e. The van der Waals surface area contributed by atoms with Crippen molar-refractivity contribution in [1.82, 2.24) is 40.0 Å². The highest BCUT2D eigenvalue weighted by Crippen LogP contribution is 2.18. The number of ketones is 1. The highest BCUT2D eigenvalue weighted by atomic mass is 16.5. The van der Waals surface area contributed by atoms with Gasteiger partial charge < -0.3 is 25.2 Å². The summed E-state index contributed by atoms with van der Waals surface area (Å²) in [6, 6.07) is 9.14. The molecule has 0 spiro atoms. The van der Waals surface area contributed by atoms with Crippen molar-refractivity contribution >= 4 is 29.3 Å². The van der Waals surface area contributed by atoms with Crippen molar-refractivity contribution in [3.63, 3.8) is 0 Å². The van der Waals surface area contributed by atoms with E-state index in [1.54, 1.807) is 30.7 Å². The number of anilines is 4. The zero-order valence-electron chi connectivity index (χ0n) is 21.3. The zero-order chi connectivity index (χ0) is 26.4. The van der Waals surface area contributed by atoms with Crippen LogP contribution < -0.4 is 20.4 Å². The van der Waals surface area contributed by atoms with Gasteiger partial charge in [-0.2, -0.15) is 10.1 Å². The maximum atomic E-state index is 12.6. The fourth-order valence-electron chi connectivity index (χ4n) is 4.57. The van der Waals surface area contributed by atoms with Crippen LogP contribution in [0.5, 0.6) is 0 Å². The van der Waals surface area contributed by atoms with Gasteiger partial charge in [0.1, 0.15) is 6.33 Å². The van der Waals surface area contributed by atoms with Crippen LogP contribution in [0.2, 0.25) is 0 Å². The molecule has 0 bridgehead atoms. The minimum atomic E-state index is -0.0888. The number of hydrogen-bond acceptors (Lipinski definition) is 12. The van der Waals surface area contributed by atoms with Gasteiger partial charge in [-0.25, -0.2) is 19.9 Å². The van der Waals surface area contributed by atoms with Crippen LogP contribution in [-0.4, -0.2) is 92.5 Å². The molecule has 0 radical (unpaired) electrons. The van der Waals surface area contributed by atoms with E-state index in [1.807, 2.05) is 29.1 Å². The first-order chi connectivity index (χ1) is 19.2. The van der Waals surface area contributed by atoms with E-state index in [0.29, 0.717) is 68.3 Å². The molecule has 4 aromatic rings. The number of ether oxygens (including phenoxy) is 1. The van der Waals surface area contributed by atoms with Gasteiger partial charge in [-0.15, -0.1) is 0 Å². The molecule has 2 N–H and O–H groups in total. The highest BCUT2D eigenvalue weighted by molar-refractivity contribution is 6.08. The second-order valence-corrected chi connectivity index (χ2v) is 9.32. The summed E-state index contributed by atoms with van der Waals surface area (Å²) in [6.07, 6.45) is 8.46. The number of nitrogens with one attached hydrogen (secondary N) is 2. The summed E-state index contributed by atoms with van der Waals surface area (Å²) >= 11 is 0. The van der Waals surface area contributed by atoms with Gasteiger partial charge >= 0.3 is 0 Å². The molecule has 13 nitrogen and oxygen atoms in total. The van der Waals surface area contributed by atoms with E-state index in [1.165, 1.54) is 6.33 Å². The molecule has 200 valence electrons. The Bertz CT molecular complexity index is 1380. The standard InChI is InChI=1S/C26H29N11O2/c38-23(19-4-2-1-3-5-19)20-12-28-25(29-13-20)35-7-9-36(10-8-35)26-31-18-30-24(34-26)33-21-14-32-37(16-21)17-22-15-27-6-11-39-22/h1-5,12-14,16,18,22,27H,6-11,15,17H2,(H,30,31,33,34). The number of carbonyl (C=O) groups excluding carboxylic acids is 1. The van der Waals surface area contributed by atoms with Crippen LogP contribution in [0.15, 0.2) is 61.4 Å². The Morgan fingerprint density at radius 3 is 2.46 bits per heavy atom. The van der Waals surface area contributed by atoms with Gasteiger partial charge in [0, 0.05) is 63.4 Å². The van der Waals surface area contributed by atoms with Crippen LogP contribution in [-0.2, 0) is 11.3 Å². The smallest absolute Gasteiger partial charge is 0.232 e. The summed E-state index contributed by atoms with van der Waals surface area (Å²) in [6.45, 7) is 5.90. The Hall–Kier alpha value is -4.49. The first-order valence-corrected chi connectivity index (χ1v) is 12.9. The minimum Gasteiger partial charge on any atom is -0.374 e. The summed E-state index contributed by atoms with van der Waals surface area (Å²) in [7, 11) is 0. The third-order valence-electron chi connectivity index (χ3n) is 6.63. The van der Waals surface area contributed by atoms with Crippen LogP contribution in [0, 0.1) is 0 Å². The molecular formula is C26H29N11O2. The third kappa shape index (κ3) is 5.99. The van der Waals surface area contributed by atoms with Crippen molar-refractivity contribution in [1.29, 1.82) is 0 Å². The average molecular weight is 528 g/mol. The van der Waals surface area contributed by atoms with Gasteiger partial charge in [-0.1, -0.05) is 30.3 Å². The number of benzene rings is 1. The van der Waals surface area contributed by atoms with E-state index in [0.717, 1.165) is 18.8 Å². The predicted octanol–water partition coefficient (Wildman–Crippen LogP) is 1.15. The zero-order valence-corrected chi connectivity index (χ0v) is 21.3. The molecule has 1 atom stereocenters. The predicted molar refractivity (Wildman–Crippen MR) is 144 cm³/mol. The van der Waals surface area contributed by atoms with Crippen molar-refractivity contribution in [3.05, 3.63) is 72.6 Å². The summed E-state index contributed by atoms with van der Waals surface area (Å²) in [5.74, 6) is 1.57. The maximum absolute atomic E-state index is 12.6. The molecule has 13 heteroatoms. The number of morpholine rings is 1. The molecule has 5 heterocycles. The van der Waals surface area contributed by atoms with Gasteiger partial charge in [-0.05, 0) is 0 Å². The molecule has 2 aliphatic rings. The van der Waals surface area contributed by atoms with Crippen LogP contribution in [0.25, 0.3) is 0 Å². The van der Waals surface area contributed by atoms with E-state index in [4.69, 9.17) is 4.74 Å². The van der Waals surface area contributed by atoms with Crippen LogP contribution in [0.4, 0.5) is 23.5 Å². The number of piperazine rings is 1. The Balaban J connectivity index is 1.03. The summed E-state index contributed by atoms with van der Waals surface area (Å²) in [4.78, 5) is 39.0. The molecule has 2 fully saturated rings. The fraction of sp³-hybridized carbons (Fsp3) is 0.346. The second-order valence-electron chi connectivity index (χ2n) is 9.32. The Labute approximate surface area is 225 Å². The lowest BCUT2D eigenvalue weighted by molar-refractivity contribution is 0.0161. The van der Waals surface area contributed by atoms with Crippen molar-refractivity contribution in [3.8, 4) is 0 Å². The van der Waals surface area contributed by atoms with Crippen LogP contribution in [0.1, 0.15) is 15.9 Å². The van der Waals surface area contributed by atoms with Crippen molar-refractivity contribution in [2.75, 3.05) is 61.0 Å². The summed E-state index contributed by atoms with van der Waals surface area (Å²) < 4.78 is 7.61. The SMILES string of the molecule is O=C(c1ccccc1)c1cnc(N2CCN(c3ncnc(Nc4cnn(CC5CNCCO5)c4)n3)CC2)nc1. The molecule has 0 saturated carbocycles. The van der Waals surface area contributed by atoms with Crippen LogP contribution in [0.3, 0.4) is 0 Å². The molecule has 3 aromatic heterocycles. The number of nitrogens with zero attached hydrogens (tertiary/aromatic N) is 9. The first-order valence-electron chi connectivity index (χ1n) is 12.9. The second kappa shape index (κ2) is 11.5. The lowest BCUT2D eigenvalue weighted by atomic mass is 10.1. The molecular weight excluding hydrogens is 498 g/mol. The largest absolute Gasteiger partial charge is 0.374 e. The quantitative estimate of drug-likeness (QED) is 0.318. The molecule has 6 rings (SSSR count). The summed E-state index contributed by atoms with van der Waals surface area (Å²) in [5, 5.41) is 11.0. The van der Waals surface area contributed by atoms with E-state index in [-0.39, 0.29) is 11.9 Å². The van der Waals surface area contributed by atoms with Crippen molar-refractivity contribution in [2.24, 2.45) is 0 Å². The molecule has 0 amide bonds. The molecule has 2 aliphatic heterocycles. The molecule has 39 heavy (non-hydrogen) atoms. The molecule has 0 aliphatic carbocycles. The molecule has 2 saturated heterocycles. The Morgan fingerprint density at radius 2 is 1.72 bits per heavy atom. The van der Waals surface area contributed by atoms with Crippen molar-refractivity contribution < 1.29 is 9.53 Å². The Kier molecular flexibility index (Phi) is 7.32. The van der Waals surface area contributed by atoms with Gasteiger partial charge in [0.05, 0.1) is 36.7 Å². The average Bonchev–Trinajstić information content (AvgIpc) is 3.44. The lowest BCUT2D eigenvalue weighted by Crippen LogP contribution is -2.47. The minimum absolute atomic E-state index is 0.0888. The van der Waals surface area contributed by atoms with E-state index >= 15 is 0 Å². The molecule has 1 unspecified atom stereocenters. The lowest BCUT2D eigenvalue weighted by Gasteiger charge is -2.34. The van der Waals surface area contributed by atoms with E-state index < -0.39 is 0 Å². The third-order valence-corrected chi connectivity index (χ3v) is 6.63. The van der Waals surface area contributed by atoms with Gasteiger partial charge in [-0.3, -0.25) is 9.48 Å². The topological polar surface area (TPSA) is 139 Å². The van der Waals surface area contributed by atoms with Gasteiger partial charge in [0.25, 0.3) is 0 Å². The molecule has 1 aromatic carbocycles. The number of hydrogen-bond donors (Lipinski definition) is 2. The van der Waals surface area contributed by atoms with E-state index in [2.05, 4.69) is 50.5 Å². The first kappa shape index (κ1) is 24.8. The van der Waals surface area contributed by atoms with E-state index in [9.17, 15) is 4.79 Å². The van der Waals surface area contributed by atoms with Crippen LogP contribution >= 0.6 is 0 Å². The number of rotatable bonds is 8. The van der Waals surface area contributed by atoms with Gasteiger partial charge in [0.15, 0.2) is 5.78 Å². The Morgan fingerprint density at radius 1 is 0.949 bits per heavy atom. The normalized spacial score (nSPS) is 17.7.